The summed E-state index contributed by atoms with van der Waals surface area (Å²) in [7, 11) is -3.47. The van der Waals surface area contributed by atoms with E-state index in [2.05, 4.69) is 4.72 Å². The first-order valence-corrected chi connectivity index (χ1v) is 9.46. The van der Waals surface area contributed by atoms with Gasteiger partial charge in [0.15, 0.2) is 0 Å². The summed E-state index contributed by atoms with van der Waals surface area (Å²) in [5.41, 5.74) is -0.694. The third-order valence-electron chi connectivity index (χ3n) is 4.00. The van der Waals surface area contributed by atoms with Crippen molar-refractivity contribution >= 4 is 22.0 Å². The fourth-order valence-electron chi connectivity index (χ4n) is 2.46. The number of β-amino-alcohol motifs (C(OH)–C–C–N with tert-alkyl or cyclic N) is 1. The highest BCUT2D eigenvalue weighted by Crippen LogP contribution is 2.22. The predicted octanol–water partition coefficient (Wildman–Crippen LogP) is -0.427. The quantitative estimate of drug-likeness (QED) is 0.622. The maximum atomic E-state index is 12.2. The van der Waals surface area contributed by atoms with Crippen LogP contribution in [0.2, 0.25) is 0 Å². The van der Waals surface area contributed by atoms with Gasteiger partial charge in [0.1, 0.15) is 11.7 Å². The molecule has 1 aliphatic rings. The number of piperidine rings is 1. The lowest BCUT2D eigenvalue weighted by Crippen LogP contribution is -2.60. The van der Waals surface area contributed by atoms with E-state index in [-0.39, 0.29) is 32.0 Å². The lowest BCUT2D eigenvalue weighted by atomic mass is 9.88. The van der Waals surface area contributed by atoms with Crippen molar-refractivity contribution in [1.29, 1.82) is 0 Å². The predicted molar refractivity (Wildman–Crippen MR) is 90.5 cm³/mol. The average Bonchev–Trinajstić information content (AvgIpc) is 2.54. The molecule has 0 aromatic heterocycles. The molecular weight excluding hydrogens is 332 g/mol. The number of sulfonamides is 1. The van der Waals surface area contributed by atoms with E-state index >= 15 is 0 Å². The molecule has 0 bridgehead atoms. The molecule has 1 fully saturated rings. The zero-order chi connectivity index (χ0) is 17.8. The minimum Gasteiger partial charge on any atom is -0.388 e. The van der Waals surface area contributed by atoms with Crippen molar-refractivity contribution in [2.75, 3.05) is 25.9 Å². The molecule has 0 unspecified atom stereocenters. The van der Waals surface area contributed by atoms with E-state index in [0.29, 0.717) is 0 Å². The number of hydrogen-bond donors (Lipinski definition) is 3. The highest BCUT2D eigenvalue weighted by Gasteiger charge is 2.41. The summed E-state index contributed by atoms with van der Waals surface area (Å²) < 4.78 is 24.5. The molecule has 3 N–H and O–H groups in total. The Kier molecular flexibility index (Phi) is 5.76. The number of rotatable bonds is 5. The molecule has 0 spiro atoms. The first kappa shape index (κ1) is 18.6. The van der Waals surface area contributed by atoms with Gasteiger partial charge in [0, 0.05) is 25.7 Å². The molecule has 0 radical (unpaired) electrons. The maximum Gasteiger partial charge on any atom is 0.246 e. The highest BCUT2D eigenvalue weighted by atomic mass is 32.2. The largest absolute Gasteiger partial charge is 0.388 e. The molecule has 0 aliphatic carbocycles. The zero-order valence-corrected chi connectivity index (χ0v) is 14.2. The molecule has 1 aliphatic heterocycles. The van der Waals surface area contributed by atoms with E-state index in [0.717, 1.165) is 11.8 Å². The van der Waals surface area contributed by atoms with Gasteiger partial charge in [-0.25, -0.2) is 13.1 Å². The molecule has 132 valence electrons. The van der Waals surface area contributed by atoms with Crippen LogP contribution in [0.3, 0.4) is 0 Å². The Morgan fingerprint density at radius 1 is 1.42 bits per heavy atom. The van der Waals surface area contributed by atoms with Crippen LogP contribution >= 0.6 is 0 Å². The summed E-state index contributed by atoms with van der Waals surface area (Å²) in [6.45, 7) is -0.105. The topological polar surface area (TPSA) is 107 Å². The molecule has 1 saturated heterocycles. The molecule has 1 aromatic carbocycles. The number of aliphatic hydroxyl groups is 2. The summed E-state index contributed by atoms with van der Waals surface area (Å²) >= 11 is 0. The number of likely N-dealkylation sites (tertiary alicyclic amines) is 1. The van der Waals surface area contributed by atoms with Crippen LogP contribution in [-0.4, -0.2) is 67.0 Å². The third kappa shape index (κ3) is 5.13. The minimum absolute atomic E-state index is 0.0556. The second-order valence-electron chi connectivity index (χ2n) is 5.99. The van der Waals surface area contributed by atoms with Crippen LogP contribution in [0.15, 0.2) is 36.4 Å². The fourth-order valence-corrected chi connectivity index (χ4v) is 2.98. The first-order valence-electron chi connectivity index (χ1n) is 7.57. The van der Waals surface area contributed by atoms with E-state index in [4.69, 9.17) is 0 Å². The van der Waals surface area contributed by atoms with E-state index in [9.17, 15) is 23.4 Å². The van der Waals surface area contributed by atoms with Gasteiger partial charge in [-0.2, -0.15) is 0 Å². The van der Waals surface area contributed by atoms with Gasteiger partial charge in [0.05, 0.1) is 6.26 Å². The summed E-state index contributed by atoms with van der Waals surface area (Å²) in [4.78, 5) is 13.6. The Morgan fingerprint density at radius 2 is 2.08 bits per heavy atom. The minimum atomic E-state index is -3.47. The summed E-state index contributed by atoms with van der Waals surface area (Å²) in [5, 5.41) is 20.5. The van der Waals surface area contributed by atoms with Gasteiger partial charge in [-0.05, 0) is 18.1 Å². The van der Waals surface area contributed by atoms with Gasteiger partial charge in [-0.15, -0.1) is 0 Å². The third-order valence-corrected chi connectivity index (χ3v) is 4.67. The number of carbonyl (C=O) groups is 1. The standard InChI is InChI=1S/C16H22N2O5S/c1-24(22,23)17-12-16(21)9-10-18(11-14(16)19)15(20)8-7-13-5-3-2-4-6-13/h2-8,14,17,19,21H,9-12H2,1H3/t14-,16-/m1/s1. The Morgan fingerprint density at radius 3 is 2.67 bits per heavy atom. The fraction of sp³-hybridized carbons (Fsp3) is 0.438. The van der Waals surface area contributed by atoms with Crippen LogP contribution in [0.5, 0.6) is 0 Å². The van der Waals surface area contributed by atoms with Crippen molar-refractivity contribution < 1.29 is 23.4 Å². The van der Waals surface area contributed by atoms with Crippen LogP contribution in [0.1, 0.15) is 12.0 Å². The van der Waals surface area contributed by atoms with E-state index in [1.165, 1.54) is 11.0 Å². The molecule has 2 rings (SSSR count). The van der Waals surface area contributed by atoms with Gasteiger partial charge in [0.25, 0.3) is 0 Å². The Balaban J connectivity index is 1.94. The van der Waals surface area contributed by atoms with E-state index in [1.807, 2.05) is 30.3 Å². The van der Waals surface area contributed by atoms with Crippen LogP contribution in [0.25, 0.3) is 6.08 Å². The van der Waals surface area contributed by atoms with Gasteiger partial charge in [-0.1, -0.05) is 30.3 Å². The lowest BCUT2D eigenvalue weighted by molar-refractivity contribution is -0.143. The number of aliphatic hydroxyl groups excluding tert-OH is 1. The normalized spacial score (nSPS) is 25.1. The van der Waals surface area contributed by atoms with Crippen molar-refractivity contribution in [3.05, 3.63) is 42.0 Å². The lowest BCUT2D eigenvalue weighted by Gasteiger charge is -2.41. The molecule has 2 atom stereocenters. The number of carbonyl (C=O) groups excluding carboxylic acids is 1. The van der Waals surface area contributed by atoms with Gasteiger partial charge in [-0.3, -0.25) is 4.79 Å². The number of nitrogens with zero attached hydrogens (tertiary/aromatic N) is 1. The monoisotopic (exact) mass is 354 g/mol. The van der Waals surface area contributed by atoms with Crippen LogP contribution in [0, 0.1) is 0 Å². The Bertz CT molecular complexity index is 704. The van der Waals surface area contributed by atoms with E-state index < -0.39 is 21.7 Å². The van der Waals surface area contributed by atoms with Crippen molar-refractivity contribution in [1.82, 2.24) is 9.62 Å². The number of nitrogens with one attached hydrogen (secondary N) is 1. The molecule has 0 saturated carbocycles. The Hall–Kier alpha value is -1.74. The van der Waals surface area contributed by atoms with Crippen LogP contribution < -0.4 is 4.72 Å². The smallest absolute Gasteiger partial charge is 0.246 e. The van der Waals surface area contributed by atoms with Gasteiger partial charge < -0.3 is 15.1 Å². The molecule has 1 amide bonds. The molecular formula is C16H22N2O5S. The number of amides is 1. The SMILES string of the molecule is CS(=O)(=O)NC[C@]1(O)CCN(C(=O)C=Cc2ccccc2)C[C@H]1O. The second kappa shape index (κ2) is 7.43. The maximum absolute atomic E-state index is 12.2. The summed E-state index contributed by atoms with van der Waals surface area (Å²) in [6.07, 6.45) is 2.94. The van der Waals surface area contributed by atoms with Gasteiger partial charge in [0.2, 0.25) is 15.9 Å². The molecule has 1 heterocycles. The van der Waals surface area contributed by atoms with Crippen molar-refractivity contribution in [3.8, 4) is 0 Å². The van der Waals surface area contributed by atoms with Crippen molar-refractivity contribution in [2.24, 2.45) is 0 Å². The molecule has 8 heteroatoms. The molecule has 24 heavy (non-hydrogen) atoms. The summed E-state index contributed by atoms with van der Waals surface area (Å²) in [6, 6.07) is 9.34. The number of hydrogen-bond acceptors (Lipinski definition) is 5. The highest BCUT2D eigenvalue weighted by molar-refractivity contribution is 7.88. The Labute approximate surface area is 141 Å². The second-order valence-corrected chi connectivity index (χ2v) is 7.82. The summed E-state index contributed by atoms with van der Waals surface area (Å²) in [5.74, 6) is -0.268. The van der Waals surface area contributed by atoms with Crippen molar-refractivity contribution in [2.45, 2.75) is 18.1 Å². The van der Waals surface area contributed by atoms with Crippen LogP contribution in [-0.2, 0) is 14.8 Å². The van der Waals surface area contributed by atoms with Gasteiger partial charge >= 0.3 is 0 Å². The molecule has 7 nitrogen and oxygen atoms in total. The van der Waals surface area contributed by atoms with Crippen LogP contribution in [0.4, 0.5) is 0 Å². The zero-order valence-electron chi connectivity index (χ0n) is 13.4. The van der Waals surface area contributed by atoms with Crippen molar-refractivity contribution in [3.63, 3.8) is 0 Å². The molecule has 1 aromatic rings. The van der Waals surface area contributed by atoms with E-state index in [1.54, 1.807) is 6.08 Å². The average molecular weight is 354 g/mol. The number of benzene rings is 1. The first-order chi connectivity index (χ1) is 11.2.